The molecule has 8 rings (SSSR count). The quantitative estimate of drug-likeness (QED) is 0.172. The molecule has 2 aromatic heterocycles. The van der Waals surface area contributed by atoms with Crippen molar-refractivity contribution >= 4 is 0 Å². The molecule has 0 atom stereocenters. The van der Waals surface area contributed by atoms with Crippen LogP contribution in [0.1, 0.15) is 5.56 Å². The molecule has 234 valence electrons. The van der Waals surface area contributed by atoms with E-state index in [1.165, 1.54) is 0 Å². The van der Waals surface area contributed by atoms with E-state index in [1.807, 2.05) is 97.1 Å². The first-order valence-corrected chi connectivity index (χ1v) is 16.2. The summed E-state index contributed by atoms with van der Waals surface area (Å²) in [5.41, 5.74) is 9.85. The van der Waals surface area contributed by atoms with Gasteiger partial charge in [-0.15, -0.1) is 0 Å². The van der Waals surface area contributed by atoms with Gasteiger partial charge in [0.2, 0.25) is 0 Å². The molecule has 6 heteroatoms. The second kappa shape index (κ2) is 13.6. The maximum atomic E-state index is 9.50. The number of nitriles is 1. The Hall–Kier alpha value is -7.10. The van der Waals surface area contributed by atoms with E-state index in [4.69, 9.17) is 24.9 Å². The van der Waals surface area contributed by atoms with Crippen LogP contribution in [0.3, 0.4) is 0 Å². The van der Waals surface area contributed by atoms with Crippen molar-refractivity contribution in [3.63, 3.8) is 0 Å². The van der Waals surface area contributed by atoms with Crippen LogP contribution < -0.4 is 0 Å². The third-order valence-corrected chi connectivity index (χ3v) is 8.38. The molecule has 0 fully saturated rings. The van der Waals surface area contributed by atoms with Crippen molar-refractivity contribution < 1.29 is 0 Å². The molecular formula is C44H28N6. The number of aromatic nitrogens is 5. The molecule has 6 aromatic carbocycles. The van der Waals surface area contributed by atoms with Gasteiger partial charge >= 0.3 is 0 Å². The highest BCUT2D eigenvalue weighted by Gasteiger charge is 2.14. The lowest BCUT2D eigenvalue weighted by Gasteiger charge is -2.11. The fourth-order valence-electron chi connectivity index (χ4n) is 5.82. The zero-order chi connectivity index (χ0) is 33.7. The third kappa shape index (κ3) is 6.40. The van der Waals surface area contributed by atoms with Crippen LogP contribution in [0, 0.1) is 11.3 Å². The van der Waals surface area contributed by atoms with Gasteiger partial charge in [0, 0.05) is 33.4 Å². The minimum absolute atomic E-state index is 0.508. The average molecular weight is 641 g/mol. The Balaban J connectivity index is 1.16. The van der Waals surface area contributed by atoms with Crippen LogP contribution in [-0.2, 0) is 0 Å². The van der Waals surface area contributed by atoms with Crippen molar-refractivity contribution in [3.8, 4) is 85.3 Å². The molecule has 0 unspecified atom stereocenters. The van der Waals surface area contributed by atoms with Crippen LogP contribution >= 0.6 is 0 Å². The van der Waals surface area contributed by atoms with Gasteiger partial charge in [0.15, 0.2) is 23.3 Å². The summed E-state index contributed by atoms with van der Waals surface area (Å²) in [5, 5.41) is 9.50. The van der Waals surface area contributed by atoms with E-state index >= 15 is 0 Å². The van der Waals surface area contributed by atoms with E-state index in [1.54, 1.807) is 12.1 Å². The van der Waals surface area contributed by atoms with E-state index < -0.39 is 0 Å². The van der Waals surface area contributed by atoms with Gasteiger partial charge in [-0.2, -0.15) is 5.26 Å². The second-order valence-electron chi connectivity index (χ2n) is 11.7. The van der Waals surface area contributed by atoms with Crippen molar-refractivity contribution in [2.24, 2.45) is 0 Å². The lowest BCUT2D eigenvalue weighted by Crippen LogP contribution is -2.00. The molecule has 0 saturated carbocycles. The van der Waals surface area contributed by atoms with Crippen LogP contribution in [0.5, 0.6) is 0 Å². The monoisotopic (exact) mass is 640 g/mol. The first kappa shape index (κ1) is 30.2. The summed E-state index contributed by atoms with van der Waals surface area (Å²) >= 11 is 0. The first-order chi connectivity index (χ1) is 24.7. The van der Waals surface area contributed by atoms with Gasteiger partial charge in [0.05, 0.1) is 23.0 Å². The maximum Gasteiger partial charge on any atom is 0.164 e. The minimum atomic E-state index is 0.508. The molecule has 2 heterocycles. The molecule has 0 spiro atoms. The molecule has 50 heavy (non-hydrogen) atoms. The van der Waals surface area contributed by atoms with Gasteiger partial charge < -0.3 is 0 Å². The summed E-state index contributed by atoms with van der Waals surface area (Å²) in [7, 11) is 0. The van der Waals surface area contributed by atoms with E-state index in [2.05, 4.69) is 66.7 Å². The standard InChI is InChI=1S/C44H28N6/c45-29-30-12-10-20-37(26-30)43-48-42(34-17-8-3-9-18-34)49-44(50-43)38-21-11-19-36(27-38)31-22-24-35(25-23-31)41-46-39(32-13-4-1-5-14-32)28-40(47-41)33-15-6-2-7-16-33/h1-28H. The zero-order valence-electron chi connectivity index (χ0n) is 26.8. The van der Waals surface area contributed by atoms with Crippen LogP contribution in [0.25, 0.3) is 79.2 Å². The highest BCUT2D eigenvalue weighted by atomic mass is 15.0. The van der Waals surface area contributed by atoms with Gasteiger partial charge in [-0.25, -0.2) is 24.9 Å². The number of hydrogen-bond donors (Lipinski definition) is 0. The molecule has 0 aliphatic carbocycles. The molecule has 0 N–H and O–H groups in total. The molecule has 0 bridgehead atoms. The largest absolute Gasteiger partial charge is 0.228 e. The summed E-state index contributed by atoms with van der Waals surface area (Å²) in [5.74, 6) is 2.29. The van der Waals surface area contributed by atoms with Crippen LogP contribution in [0.15, 0.2) is 170 Å². The van der Waals surface area contributed by atoms with Gasteiger partial charge in [0.25, 0.3) is 0 Å². The topological polar surface area (TPSA) is 88.2 Å². The van der Waals surface area contributed by atoms with Crippen LogP contribution in [-0.4, -0.2) is 24.9 Å². The number of nitrogens with zero attached hydrogens (tertiary/aromatic N) is 6. The molecule has 8 aromatic rings. The molecule has 0 radical (unpaired) electrons. The van der Waals surface area contributed by atoms with E-state index in [0.717, 1.165) is 55.9 Å². The van der Waals surface area contributed by atoms with Crippen molar-refractivity contribution in [3.05, 3.63) is 175 Å². The average Bonchev–Trinajstić information content (AvgIpc) is 3.21. The zero-order valence-corrected chi connectivity index (χ0v) is 26.8. The Labute approximate surface area is 290 Å². The highest BCUT2D eigenvalue weighted by molar-refractivity contribution is 5.76. The number of rotatable bonds is 7. The van der Waals surface area contributed by atoms with Crippen molar-refractivity contribution in [2.75, 3.05) is 0 Å². The van der Waals surface area contributed by atoms with Gasteiger partial charge in [0.1, 0.15) is 0 Å². The summed E-state index contributed by atoms with van der Waals surface area (Å²) in [6, 6.07) is 58.3. The van der Waals surface area contributed by atoms with Gasteiger partial charge in [-0.3, -0.25) is 0 Å². The summed E-state index contributed by atoms with van der Waals surface area (Å²) < 4.78 is 0. The fraction of sp³-hybridized carbons (Fsp3) is 0. The first-order valence-electron chi connectivity index (χ1n) is 16.2. The smallest absolute Gasteiger partial charge is 0.164 e. The Morgan fingerprint density at radius 2 is 0.700 bits per heavy atom. The Morgan fingerprint density at radius 1 is 0.300 bits per heavy atom. The molecule has 0 aliphatic rings. The summed E-state index contributed by atoms with van der Waals surface area (Å²) in [4.78, 5) is 24.5. The molecule has 0 saturated heterocycles. The SMILES string of the molecule is N#Cc1cccc(-c2nc(-c3ccccc3)nc(-c3cccc(-c4ccc(-c5nc(-c6ccccc6)cc(-c6ccccc6)n5)cc4)c3)n2)c1. The predicted octanol–water partition coefficient (Wildman–Crippen LogP) is 10.2. The Kier molecular flexibility index (Phi) is 8.20. The van der Waals surface area contributed by atoms with E-state index in [9.17, 15) is 5.26 Å². The summed E-state index contributed by atoms with van der Waals surface area (Å²) in [6.45, 7) is 0. The molecule has 0 amide bonds. The van der Waals surface area contributed by atoms with Gasteiger partial charge in [-0.1, -0.05) is 146 Å². The van der Waals surface area contributed by atoms with E-state index in [-0.39, 0.29) is 0 Å². The van der Waals surface area contributed by atoms with Crippen molar-refractivity contribution in [2.45, 2.75) is 0 Å². The van der Waals surface area contributed by atoms with Crippen molar-refractivity contribution in [1.82, 2.24) is 24.9 Å². The van der Waals surface area contributed by atoms with Gasteiger partial charge in [-0.05, 0) is 35.4 Å². The second-order valence-corrected chi connectivity index (χ2v) is 11.7. The molecule has 0 aliphatic heterocycles. The van der Waals surface area contributed by atoms with E-state index in [0.29, 0.717) is 28.9 Å². The van der Waals surface area contributed by atoms with Crippen molar-refractivity contribution in [1.29, 1.82) is 5.26 Å². The number of benzene rings is 6. The Bertz CT molecular complexity index is 2420. The predicted molar refractivity (Wildman–Crippen MR) is 198 cm³/mol. The van der Waals surface area contributed by atoms with Crippen LogP contribution in [0.4, 0.5) is 0 Å². The fourth-order valence-corrected chi connectivity index (χ4v) is 5.82. The normalized spacial score (nSPS) is 10.8. The third-order valence-electron chi connectivity index (χ3n) is 8.38. The number of hydrogen-bond acceptors (Lipinski definition) is 6. The molecule has 6 nitrogen and oxygen atoms in total. The van der Waals surface area contributed by atoms with Crippen LogP contribution in [0.2, 0.25) is 0 Å². The lowest BCUT2D eigenvalue weighted by atomic mass is 10.0. The summed E-state index contributed by atoms with van der Waals surface area (Å²) in [6.07, 6.45) is 0. The highest BCUT2D eigenvalue weighted by Crippen LogP contribution is 2.31. The maximum absolute atomic E-state index is 9.50. The minimum Gasteiger partial charge on any atom is -0.228 e. The lowest BCUT2D eigenvalue weighted by molar-refractivity contribution is 1.07. The Morgan fingerprint density at radius 3 is 1.26 bits per heavy atom. The molecular weight excluding hydrogens is 613 g/mol.